The van der Waals surface area contributed by atoms with Crippen LogP contribution in [0.25, 0.3) is 0 Å². The molecule has 0 amide bonds. The Labute approximate surface area is 144 Å². The van der Waals surface area contributed by atoms with Crippen molar-refractivity contribution in [3.63, 3.8) is 0 Å². The molecule has 2 saturated heterocycles. The molecular formula is C20H30O4. The Hall–Kier alpha value is -0.610. The smallest absolute Gasteiger partial charge is 0.309 e. The number of rotatable bonds is 1. The second-order valence-electron chi connectivity index (χ2n) is 10.3. The second-order valence-corrected chi connectivity index (χ2v) is 10.3. The number of ether oxygens (including phenoxy) is 1. The standard InChI is InChI=1S/C20H30O4/c1-17-6-4-7-18(2,16(22)23)13(17)5-8-20-10-11-9-12(14(17)20)24-19(11,3)15(20)21/h11-15,21H,4-10H2,1-3H3,(H,22,23)/t11?,12?,13?,14?,15?,17-,18-,19-,20-/m1/s1. The van der Waals surface area contributed by atoms with Gasteiger partial charge in [0.05, 0.1) is 23.2 Å². The molecule has 2 heterocycles. The van der Waals surface area contributed by atoms with Crippen molar-refractivity contribution in [1.82, 2.24) is 0 Å². The molecule has 2 N–H and O–H groups in total. The van der Waals surface area contributed by atoms with Crippen LogP contribution < -0.4 is 0 Å². The zero-order chi connectivity index (χ0) is 17.1. The Morgan fingerprint density at radius 3 is 2.58 bits per heavy atom. The summed E-state index contributed by atoms with van der Waals surface area (Å²) in [5, 5.41) is 21.2. The van der Waals surface area contributed by atoms with Crippen molar-refractivity contribution in [2.75, 3.05) is 0 Å². The van der Waals surface area contributed by atoms with Crippen molar-refractivity contribution in [3.8, 4) is 0 Å². The van der Waals surface area contributed by atoms with E-state index in [1.54, 1.807) is 0 Å². The number of hydrogen-bond donors (Lipinski definition) is 2. The number of carboxylic acids is 1. The van der Waals surface area contributed by atoms with Gasteiger partial charge in [-0.3, -0.25) is 4.79 Å². The molecule has 4 bridgehead atoms. The van der Waals surface area contributed by atoms with Gasteiger partial charge >= 0.3 is 5.97 Å². The van der Waals surface area contributed by atoms with Crippen LogP contribution in [-0.2, 0) is 9.53 Å². The fourth-order valence-electron chi connectivity index (χ4n) is 8.65. The molecule has 0 aromatic rings. The van der Waals surface area contributed by atoms with Crippen LogP contribution in [-0.4, -0.2) is 34.0 Å². The van der Waals surface area contributed by atoms with Crippen LogP contribution in [0, 0.1) is 34.0 Å². The average molecular weight is 334 g/mol. The molecule has 4 nitrogen and oxygen atoms in total. The molecular weight excluding hydrogens is 304 g/mol. The summed E-state index contributed by atoms with van der Waals surface area (Å²) in [6, 6.07) is 0. The highest BCUT2D eigenvalue weighted by Crippen LogP contribution is 2.76. The summed E-state index contributed by atoms with van der Waals surface area (Å²) in [7, 11) is 0. The number of carboxylic acid groups (broad SMARTS) is 1. The molecule has 0 aromatic carbocycles. The van der Waals surface area contributed by atoms with Crippen molar-refractivity contribution in [3.05, 3.63) is 0 Å². The van der Waals surface area contributed by atoms with E-state index in [0.717, 1.165) is 44.9 Å². The summed E-state index contributed by atoms with van der Waals surface area (Å²) in [6.45, 7) is 6.41. The zero-order valence-electron chi connectivity index (χ0n) is 15.0. The van der Waals surface area contributed by atoms with Crippen molar-refractivity contribution in [2.45, 2.75) is 83.5 Å². The molecule has 2 aliphatic heterocycles. The fourth-order valence-corrected chi connectivity index (χ4v) is 8.65. The Morgan fingerprint density at radius 1 is 1.17 bits per heavy atom. The number of aliphatic carboxylic acids is 1. The minimum absolute atomic E-state index is 0.0219. The minimum atomic E-state index is -0.630. The number of hydrogen-bond acceptors (Lipinski definition) is 3. The van der Waals surface area contributed by atoms with Crippen molar-refractivity contribution in [2.24, 2.45) is 34.0 Å². The third-order valence-electron chi connectivity index (χ3n) is 9.51. The summed E-state index contributed by atoms with van der Waals surface area (Å²) in [5.41, 5.74) is -1.02. The van der Waals surface area contributed by atoms with E-state index in [1.807, 2.05) is 6.92 Å². The molecule has 4 heteroatoms. The number of fused-ring (bicyclic) bond motifs is 1. The molecule has 6 rings (SSSR count). The summed E-state index contributed by atoms with van der Waals surface area (Å²) in [5.74, 6) is 0.383. The van der Waals surface area contributed by atoms with Gasteiger partial charge in [0, 0.05) is 5.41 Å². The molecule has 9 atom stereocenters. The van der Waals surface area contributed by atoms with E-state index < -0.39 is 11.4 Å². The molecule has 4 aliphatic carbocycles. The normalized spacial score (nSPS) is 63.9. The summed E-state index contributed by atoms with van der Waals surface area (Å²) >= 11 is 0. The van der Waals surface area contributed by atoms with Crippen LogP contribution in [0.15, 0.2) is 0 Å². The van der Waals surface area contributed by atoms with E-state index in [4.69, 9.17) is 4.74 Å². The highest BCUT2D eigenvalue weighted by Gasteiger charge is 2.78. The van der Waals surface area contributed by atoms with E-state index in [0.29, 0.717) is 11.8 Å². The van der Waals surface area contributed by atoms with E-state index in [9.17, 15) is 15.0 Å². The average Bonchev–Trinajstić information content (AvgIpc) is 2.84. The van der Waals surface area contributed by atoms with Gasteiger partial charge in [-0.05, 0) is 75.5 Å². The first-order chi connectivity index (χ1) is 11.2. The highest BCUT2D eigenvalue weighted by molar-refractivity contribution is 5.75. The van der Waals surface area contributed by atoms with Gasteiger partial charge < -0.3 is 14.9 Å². The third kappa shape index (κ3) is 1.41. The Morgan fingerprint density at radius 2 is 1.92 bits per heavy atom. The maximum absolute atomic E-state index is 12.1. The number of carbonyl (C=O) groups is 1. The minimum Gasteiger partial charge on any atom is -0.481 e. The lowest BCUT2D eigenvalue weighted by Gasteiger charge is -2.66. The van der Waals surface area contributed by atoms with Crippen molar-refractivity contribution < 1.29 is 19.7 Å². The van der Waals surface area contributed by atoms with E-state index in [1.165, 1.54) is 0 Å². The summed E-state index contributed by atoms with van der Waals surface area (Å²) < 4.78 is 6.46. The molecule has 134 valence electrons. The van der Waals surface area contributed by atoms with Crippen LogP contribution in [0.5, 0.6) is 0 Å². The molecule has 6 aliphatic rings. The van der Waals surface area contributed by atoms with Crippen LogP contribution in [0.1, 0.15) is 65.7 Å². The highest BCUT2D eigenvalue weighted by atomic mass is 16.5. The van der Waals surface area contributed by atoms with Crippen molar-refractivity contribution in [1.29, 1.82) is 0 Å². The number of aliphatic hydroxyl groups excluding tert-OH is 1. The van der Waals surface area contributed by atoms with E-state index in [-0.39, 0.29) is 34.6 Å². The van der Waals surface area contributed by atoms with Gasteiger partial charge in [-0.15, -0.1) is 0 Å². The molecule has 0 aromatic heterocycles. The zero-order valence-corrected chi connectivity index (χ0v) is 15.0. The maximum atomic E-state index is 12.1. The largest absolute Gasteiger partial charge is 0.481 e. The molecule has 5 unspecified atom stereocenters. The molecule has 4 saturated carbocycles. The molecule has 0 radical (unpaired) electrons. The Bertz CT molecular complexity index is 619. The van der Waals surface area contributed by atoms with Crippen LogP contribution in [0.3, 0.4) is 0 Å². The summed E-state index contributed by atoms with van der Waals surface area (Å²) in [6.07, 6.45) is 6.76. The van der Waals surface area contributed by atoms with Gasteiger partial charge in [0.15, 0.2) is 0 Å². The predicted octanol–water partition coefficient (Wildman–Crippen LogP) is 3.22. The van der Waals surface area contributed by atoms with Crippen LogP contribution >= 0.6 is 0 Å². The lowest BCUT2D eigenvalue weighted by Crippen LogP contribution is -2.66. The first-order valence-corrected chi connectivity index (χ1v) is 9.78. The van der Waals surface area contributed by atoms with Crippen LogP contribution in [0.2, 0.25) is 0 Å². The predicted molar refractivity (Wildman–Crippen MR) is 88.4 cm³/mol. The van der Waals surface area contributed by atoms with Gasteiger partial charge in [-0.2, -0.15) is 0 Å². The monoisotopic (exact) mass is 334 g/mol. The van der Waals surface area contributed by atoms with Gasteiger partial charge in [0.1, 0.15) is 0 Å². The quantitative estimate of drug-likeness (QED) is 0.773. The van der Waals surface area contributed by atoms with Gasteiger partial charge in [0.25, 0.3) is 0 Å². The van der Waals surface area contributed by atoms with E-state index >= 15 is 0 Å². The second kappa shape index (κ2) is 4.20. The van der Waals surface area contributed by atoms with E-state index in [2.05, 4.69) is 13.8 Å². The molecule has 6 fully saturated rings. The topological polar surface area (TPSA) is 66.8 Å². The van der Waals surface area contributed by atoms with Gasteiger partial charge in [0.2, 0.25) is 0 Å². The Balaban J connectivity index is 1.63. The number of aliphatic hydroxyl groups is 1. The van der Waals surface area contributed by atoms with Crippen LogP contribution in [0.4, 0.5) is 0 Å². The SMILES string of the molecule is C[C@@]12CCC[C@@](C)(C(=O)O)C1CC[C@]13CC4CC(O[C@@]4(C)C1O)C23. The fraction of sp³-hybridized carbons (Fsp3) is 0.950. The lowest BCUT2D eigenvalue weighted by atomic mass is 9.40. The molecule has 24 heavy (non-hydrogen) atoms. The van der Waals surface area contributed by atoms with Gasteiger partial charge in [-0.1, -0.05) is 13.3 Å². The summed E-state index contributed by atoms with van der Waals surface area (Å²) in [4.78, 5) is 12.1. The van der Waals surface area contributed by atoms with Gasteiger partial charge in [-0.25, -0.2) is 0 Å². The lowest BCUT2D eigenvalue weighted by molar-refractivity contribution is -0.271. The maximum Gasteiger partial charge on any atom is 0.309 e. The third-order valence-corrected chi connectivity index (χ3v) is 9.51. The first kappa shape index (κ1) is 15.6. The Kier molecular flexibility index (Phi) is 2.73. The molecule has 1 spiro atoms. The first-order valence-electron chi connectivity index (χ1n) is 9.78. The van der Waals surface area contributed by atoms with Crippen molar-refractivity contribution >= 4 is 5.97 Å².